The molecule has 0 spiro atoms. The van der Waals surface area contributed by atoms with Gasteiger partial charge in [-0.3, -0.25) is 0 Å². The van der Waals surface area contributed by atoms with Gasteiger partial charge in [0, 0.05) is 0 Å². The van der Waals surface area contributed by atoms with Gasteiger partial charge in [-0.2, -0.15) is 0 Å². The van der Waals surface area contributed by atoms with E-state index < -0.39 is 0 Å². The van der Waals surface area contributed by atoms with Crippen LogP contribution in [-0.4, -0.2) is 5.16 Å². The molecule has 1 atom stereocenters. The van der Waals surface area contributed by atoms with Crippen LogP contribution in [0.4, 0.5) is 0 Å². The van der Waals surface area contributed by atoms with E-state index in [-0.39, 0.29) is 0 Å². The van der Waals surface area contributed by atoms with Crippen molar-refractivity contribution < 1.29 is 0 Å². The molecule has 4 rings (SSSR count). The number of benzene rings is 2. The fraction of sp³-hybridized carbons (Fsp3) is 0.636. The molecule has 0 N–H and O–H groups in total. The summed E-state index contributed by atoms with van der Waals surface area (Å²) in [4.78, 5) is 0. The van der Waals surface area contributed by atoms with Gasteiger partial charge in [-0.25, -0.2) is 0 Å². The second-order valence-corrected chi connectivity index (χ2v) is 14.0. The maximum Gasteiger partial charge on any atom is -0.00533 e. The van der Waals surface area contributed by atoms with E-state index in [1.165, 1.54) is 80.9 Å². The van der Waals surface area contributed by atoms with Crippen molar-refractivity contribution in [3.63, 3.8) is 0 Å². The van der Waals surface area contributed by atoms with Crippen LogP contribution in [0.25, 0.3) is 11.1 Å². The topological polar surface area (TPSA) is 0 Å². The molecule has 2 saturated carbocycles. The summed E-state index contributed by atoms with van der Waals surface area (Å²) in [5.41, 5.74) is 7.61. The predicted octanol–water partition coefficient (Wildman–Crippen LogP) is 10.3. The van der Waals surface area contributed by atoms with Crippen molar-refractivity contribution in [3.05, 3.63) is 53.1 Å². The Balaban J connectivity index is 1.82. The fourth-order valence-corrected chi connectivity index (χ4v) is 9.27. The Hall–Kier alpha value is -1.13. The molecule has 2 fully saturated rings. The first kappa shape index (κ1) is 25.9. The second-order valence-electron chi connectivity index (χ2n) is 12.3. The highest BCUT2D eigenvalue weighted by Gasteiger charge is 2.41. The van der Waals surface area contributed by atoms with Crippen LogP contribution in [0.15, 0.2) is 36.4 Å². The molecule has 1 unspecified atom stereocenters. The molecule has 2 aromatic rings. The summed E-state index contributed by atoms with van der Waals surface area (Å²) < 4.78 is 0. The molecule has 0 bridgehead atoms. The molecular weight excluding hydrogens is 427 g/mol. The van der Waals surface area contributed by atoms with Crippen LogP contribution in [-0.2, 0) is 0 Å². The van der Waals surface area contributed by atoms with Gasteiger partial charge in [0.25, 0.3) is 0 Å². The maximum atomic E-state index is 2.56. The van der Waals surface area contributed by atoms with Gasteiger partial charge in [0.1, 0.15) is 0 Å². The van der Waals surface area contributed by atoms with Gasteiger partial charge in [0.05, 0.1) is 0 Å². The predicted molar refractivity (Wildman–Crippen MR) is 154 cm³/mol. The zero-order valence-electron chi connectivity index (χ0n) is 22.8. The first-order valence-corrected chi connectivity index (χ1v) is 15.4. The van der Waals surface area contributed by atoms with E-state index in [0.29, 0.717) is 22.9 Å². The molecule has 2 aliphatic carbocycles. The van der Waals surface area contributed by atoms with Crippen LogP contribution in [0.2, 0.25) is 0 Å². The normalized spacial score (nSPS) is 19.7. The van der Waals surface area contributed by atoms with Crippen LogP contribution in [0.5, 0.6) is 0 Å². The standard InChI is InChI=1S/C33H49P/c1-23(2)26-15-17-27(18-16-26)32-29(24(3)4)19-20-30(31(32)25(5)6)34-33(21-11-8-12-22-33)28-13-9-7-10-14-28/h15-20,23-25,28,34H,7-14,21-22H2,1-6H3. The Labute approximate surface area is 212 Å². The molecule has 0 heterocycles. The minimum Gasteiger partial charge on any atom is -0.0834 e. The van der Waals surface area contributed by atoms with Gasteiger partial charge in [-0.05, 0) is 87.6 Å². The third kappa shape index (κ3) is 5.48. The quantitative estimate of drug-likeness (QED) is 0.349. The van der Waals surface area contributed by atoms with Gasteiger partial charge >= 0.3 is 0 Å². The molecular formula is C33H49P. The largest absolute Gasteiger partial charge is 0.0834 e. The third-order valence-corrected chi connectivity index (χ3v) is 11.0. The average molecular weight is 477 g/mol. The molecule has 2 aliphatic rings. The van der Waals surface area contributed by atoms with Gasteiger partial charge in [-0.1, -0.05) is 125 Å². The summed E-state index contributed by atoms with van der Waals surface area (Å²) in [6.45, 7) is 14.2. The first-order valence-electron chi connectivity index (χ1n) is 14.4. The Bertz CT molecular complexity index is 922. The molecule has 186 valence electrons. The van der Waals surface area contributed by atoms with Crippen molar-refractivity contribution >= 4 is 13.9 Å². The lowest BCUT2D eigenvalue weighted by molar-refractivity contribution is 0.225. The van der Waals surface area contributed by atoms with E-state index >= 15 is 0 Å². The van der Waals surface area contributed by atoms with Crippen molar-refractivity contribution in [1.29, 1.82) is 0 Å². The summed E-state index contributed by atoms with van der Waals surface area (Å²) in [6, 6.07) is 14.6. The first-order chi connectivity index (χ1) is 16.3. The molecule has 0 nitrogen and oxygen atoms in total. The molecule has 2 aromatic carbocycles. The summed E-state index contributed by atoms with van der Waals surface area (Å²) >= 11 is 0. The Morgan fingerprint density at radius 1 is 0.676 bits per heavy atom. The van der Waals surface area contributed by atoms with Crippen molar-refractivity contribution in [2.45, 2.75) is 129 Å². The van der Waals surface area contributed by atoms with E-state index in [2.05, 4.69) is 77.9 Å². The zero-order valence-corrected chi connectivity index (χ0v) is 23.8. The van der Waals surface area contributed by atoms with Crippen molar-refractivity contribution in [2.24, 2.45) is 5.92 Å². The lowest BCUT2D eigenvalue weighted by Crippen LogP contribution is -2.39. The number of hydrogen-bond acceptors (Lipinski definition) is 0. The summed E-state index contributed by atoms with van der Waals surface area (Å²) in [6.07, 6.45) is 14.7. The van der Waals surface area contributed by atoms with Crippen LogP contribution >= 0.6 is 8.58 Å². The smallest absolute Gasteiger partial charge is 0.00533 e. The molecule has 0 radical (unpaired) electrons. The maximum absolute atomic E-state index is 2.56. The minimum atomic E-state index is 0.539. The van der Waals surface area contributed by atoms with Crippen molar-refractivity contribution in [1.82, 2.24) is 0 Å². The van der Waals surface area contributed by atoms with Gasteiger partial charge in [0.2, 0.25) is 0 Å². The Morgan fingerprint density at radius 2 is 1.29 bits per heavy atom. The van der Waals surface area contributed by atoms with Crippen molar-refractivity contribution in [2.75, 3.05) is 0 Å². The lowest BCUT2D eigenvalue weighted by Gasteiger charge is -2.46. The zero-order chi connectivity index (χ0) is 24.3. The number of rotatable bonds is 7. The monoisotopic (exact) mass is 476 g/mol. The minimum absolute atomic E-state index is 0.539. The highest BCUT2D eigenvalue weighted by atomic mass is 31.1. The fourth-order valence-electron chi connectivity index (χ4n) is 6.92. The van der Waals surface area contributed by atoms with Gasteiger partial charge in [0.15, 0.2) is 0 Å². The highest BCUT2D eigenvalue weighted by Crippen LogP contribution is 2.54. The number of hydrogen-bond donors (Lipinski definition) is 0. The summed E-state index contributed by atoms with van der Waals surface area (Å²) in [7, 11) is 0.971. The molecule has 1 heteroatoms. The average Bonchev–Trinajstić information content (AvgIpc) is 2.84. The van der Waals surface area contributed by atoms with Crippen molar-refractivity contribution in [3.8, 4) is 11.1 Å². The lowest BCUT2D eigenvalue weighted by atomic mass is 9.72. The van der Waals surface area contributed by atoms with Gasteiger partial charge in [-0.15, -0.1) is 0 Å². The van der Waals surface area contributed by atoms with E-state index in [0.717, 1.165) is 14.5 Å². The second kappa shape index (κ2) is 11.3. The highest BCUT2D eigenvalue weighted by molar-refractivity contribution is 7.49. The van der Waals surface area contributed by atoms with Crippen LogP contribution in [0, 0.1) is 5.92 Å². The van der Waals surface area contributed by atoms with E-state index in [1.54, 1.807) is 16.4 Å². The van der Waals surface area contributed by atoms with E-state index in [4.69, 9.17) is 0 Å². The van der Waals surface area contributed by atoms with Crippen LogP contribution < -0.4 is 5.30 Å². The molecule has 0 saturated heterocycles. The molecule has 0 amide bonds. The van der Waals surface area contributed by atoms with E-state index in [9.17, 15) is 0 Å². The molecule has 34 heavy (non-hydrogen) atoms. The van der Waals surface area contributed by atoms with E-state index in [1.807, 2.05) is 0 Å². The molecule has 0 aromatic heterocycles. The SMILES string of the molecule is CC(C)c1ccc(-c2c(C(C)C)ccc(PC3(C4CCCCC4)CCCCC3)c2C(C)C)cc1. The van der Waals surface area contributed by atoms with Gasteiger partial charge < -0.3 is 0 Å². The Morgan fingerprint density at radius 3 is 1.85 bits per heavy atom. The summed E-state index contributed by atoms with van der Waals surface area (Å²) in [5, 5.41) is 2.26. The van der Waals surface area contributed by atoms with Crippen LogP contribution in [0.1, 0.15) is 140 Å². The molecule has 0 aliphatic heterocycles. The summed E-state index contributed by atoms with van der Waals surface area (Å²) in [5.74, 6) is 2.63. The Kier molecular flexibility index (Phi) is 8.61. The third-order valence-electron chi connectivity index (χ3n) is 8.86. The van der Waals surface area contributed by atoms with Crippen LogP contribution in [0.3, 0.4) is 0 Å².